The van der Waals surface area contributed by atoms with Gasteiger partial charge in [0.15, 0.2) is 0 Å². The van der Waals surface area contributed by atoms with Crippen LogP contribution in [0.5, 0.6) is 5.75 Å². The van der Waals surface area contributed by atoms with Crippen LogP contribution in [0.3, 0.4) is 0 Å². The monoisotopic (exact) mass is 237 g/mol. The lowest BCUT2D eigenvalue weighted by Crippen LogP contribution is -2.26. The highest BCUT2D eigenvalue weighted by Crippen LogP contribution is 2.27. The summed E-state index contributed by atoms with van der Waals surface area (Å²) in [6.45, 7) is 1.30. The summed E-state index contributed by atoms with van der Waals surface area (Å²) < 4.78 is 10.9. The van der Waals surface area contributed by atoms with Crippen LogP contribution in [0.4, 0.5) is 5.69 Å². The number of hydrogen-bond acceptors (Lipinski definition) is 4. The van der Waals surface area contributed by atoms with Gasteiger partial charge >= 0.3 is 5.97 Å². The van der Waals surface area contributed by atoms with Crippen LogP contribution in [-0.2, 0) is 4.74 Å². The van der Waals surface area contributed by atoms with E-state index in [9.17, 15) is 4.79 Å². The zero-order valence-electron chi connectivity index (χ0n) is 9.39. The Hall–Kier alpha value is -1.75. The SMILES string of the molecule is Nc1cccc(OC2CCOCC2)c1C(=O)O. The minimum Gasteiger partial charge on any atom is -0.489 e. The fraction of sp³-hybridized carbons (Fsp3) is 0.417. The molecule has 0 bridgehead atoms. The number of carbonyl (C=O) groups is 1. The summed E-state index contributed by atoms with van der Waals surface area (Å²) >= 11 is 0. The topological polar surface area (TPSA) is 81.8 Å². The Bertz CT molecular complexity index is 413. The molecule has 0 aliphatic carbocycles. The Morgan fingerprint density at radius 2 is 2.12 bits per heavy atom. The van der Waals surface area contributed by atoms with Gasteiger partial charge in [-0.1, -0.05) is 6.07 Å². The number of benzene rings is 1. The van der Waals surface area contributed by atoms with Gasteiger partial charge in [0.2, 0.25) is 0 Å². The van der Waals surface area contributed by atoms with Crippen molar-refractivity contribution in [2.24, 2.45) is 0 Å². The third-order valence-corrected chi connectivity index (χ3v) is 2.73. The van der Waals surface area contributed by atoms with E-state index < -0.39 is 5.97 Å². The third kappa shape index (κ3) is 2.68. The molecule has 1 fully saturated rings. The van der Waals surface area contributed by atoms with Crippen LogP contribution in [0.2, 0.25) is 0 Å². The molecule has 0 aromatic heterocycles. The average molecular weight is 237 g/mol. The zero-order valence-corrected chi connectivity index (χ0v) is 9.39. The van der Waals surface area contributed by atoms with Crippen LogP contribution in [0.1, 0.15) is 23.2 Å². The molecule has 0 unspecified atom stereocenters. The van der Waals surface area contributed by atoms with Gasteiger partial charge in [-0.05, 0) is 12.1 Å². The minimum atomic E-state index is -1.06. The lowest BCUT2D eigenvalue weighted by atomic mass is 10.1. The molecule has 0 spiro atoms. The van der Waals surface area contributed by atoms with Crippen LogP contribution in [0.15, 0.2) is 18.2 Å². The zero-order chi connectivity index (χ0) is 12.3. The van der Waals surface area contributed by atoms with E-state index in [0.29, 0.717) is 19.0 Å². The van der Waals surface area contributed by atoms with E-state index >= 15 is 0 Å². The lowest BCUT2D eigenvalue weighted by Gasteiger charge is -2.24. The van der Waals surface area contributed by atoms with Gasteiger partial charge in [-0.3, -0.25) is 0 Å². The minimum absolute atomic E-state index is 0.00338. The largest absolute Gasteiger partial charge is 0.489 e. The number of rotatable bonds is 3. The van der Waals surface area contributed by atoms with Crippen molar-refractivity contribution < 1.29 is 19.4 Å². The number of carboxylic acids is 1. The quantitative estimate of drug-likeness (QED) is 0.779. The maximum Gasteiger partial charge on any atom is 0.341 e. The first kappa shape index (κ1) is 11.7. The van der Waals surface area contributed by atoms with Crippen molar-refractivity contribution in [1.82, 2.24) is 0 Å². The summed E-state index contributed by atoms with van der Waals surface area (Å²) in [4.78, 5) is 11.1. The Morgan fingerprint density at radius 1 is 1.41 bits per heavy atom. The molecule has 3 N–H and O–H groups in total. The fourth-order valence-electron chi connectivity index (χ4n) is 1.85. The Labute approximate surface area is 99.1 Å². The number of carboxylic acid groups (broad SMARTS) is 1. The average Bonchev–Trinajstić information content (AvgIpc) is 2.30. The second-order valence-corrected chi connectivity index (χ2v) is 3.96. The molecule has 92 valence electrons. The summed E-state index contributed by atoms with van der Waals surface area (Å²) in [5.74, 6) is -0.727. The van der Waals surface area contributed by atoms with Crippen molar-refractivity contribution in [2.75, 3.05) is 18.9 Å². The second-order valence-electron chi connectivity index (χ2n) is 3.96. The maximum atomic E-state index is 11.1. The molecular weight excluding hydrogens is 222 g/mol. The first-order valence-corrected chi connectivity index (χ1v) is 5.54. The van der Waals surface area contributed by atoms with Crippen molar-refractivity contribution >= 4 is 11.7 Å². The highest BCUT2D eigenvalue weighted by Gasteiger charge is 2.20. The molecule has 1 aromatic carbocycles. The van der Waals surface area contributed by atoms with Crippen LogP contribution >= 0.6 is 0 Å². The molecule has 1 saturated heterocycles. The Kier molecular flexibility index (Phi) is 3.49. The van der Waals surface area contributed by atoms with E-state index in [1.54, 1.807) is 18.2 Å². The van der Waals surface area contributed by atoms with E-state index in [4.69, 9.17) is 20.3 Å². The lowest BCUT2D eigenvalue weighted by molar-refractivity contribution is 0.0249. The summed E-state index contributed by atoms with van der Waals surface area (Å²) in [6.07, 6.45) is 1.55. The first-order chi connectivity index (χ1) is 8.18. The highest BCUT2D eigenvalue weighted by molar-refractivity contribution is 5.96. The first-order valence-electron chi connectivity index (χ1n) is 5.54. The predicted octanol–water partition coefficient (Wildman–Crippen LogP) is 1.52. The molecule has 0 radical (unpaired) electrons. The molecule has 0 amide bonds. The van der Waals surface area contributed by atoms with Gasteiger partial charge < -0.3 is 20.3 Å². The van der Waals surface area contributed by atoms with E-state index in [1.165, 1.54) is 0 Å². The number of nitrogens with two attached hydrogens (primary N) is 1. The Balaban J connectivity index is 2.19. The number of nitrogen functional groups attached to an aromatic ring is 1. The third-order valence-electron chi connectivity index (χ3n) is 2.73. The van der Waals surface area contributed by atoms with Gasteiger partial charge in [0.25, 0.3) is 0 Å². The van der Waals surface area contributed by atoms with E-state index in [-0.39, 0.29) is 17.4 Å². The van der Waals surface area contributed by atoms with Crippen molar-refractivity contribution in [3.8, 4) is 5.75 Å². The fourth-order valence-corrected chi connectivity index (χ4v) is 1.85. The molecule has 5 heteroatoms. The highest BCUT2D eigenvalue weighted by atomic mass is 16.5. The molecule has 2 rings (SSSR count). The molecule has 1 aromatic rings. The van der Waals surface area contributed by atoms with E-state index in [1.807, 2.05) is 0 Å². The maximum absolute atomic E-state index is 11.1. The smallest absolute Gasteiger partial charge is 0.341 e. The van der Waals surface area contributed by atoms with Crippen LogP contribution < -0.4 is 10.5 Å². The predicted molar refractivity (Wildman–Crippen MR) is 62.3 cm³/mol. The summed E-state index contributed by atoms with van der Waals surface area (Å²) in [7, 11) is 0. The van der Waals surface area contributed by atoms with Crippen LogP contribution in [0, 0.1) is 0 Å². The molecule has 5 nitrogen and oxygen atoms in total. The molecule has 1 heterocycles. The standard InChI is InChI=1S/C12H15NO4/c13-9-2-1-3-10(11(9)12(14)15)17-8-4-6-16-7-5-8/h1-3,8H,4-7,13H2,(H,14,15). The molecule has 0 atom stereocenters. The van der Waals surface area contributed by atoms with Crippen molar-refractivity contribution in [3.63, 3.8) is 0 Å². The molecule has 1 aliphatic heterocycles. The molecule has 1 aliphatic rings. The van der Waals surface area contributed by atoms with Crippen LogP contribution in [0.25, 0.3) is 0 Å². The van der Waals surface area contributed by atoms with Gasteiger partial charge in [0.1, 0.15) is 17.4 Å². The molecule has 0 saturated carbocycles. The second kappa shape index (κ2) is 5.05. The number of ether oxygens (including phenoxy) is 2. The van der Waals surface area contributed by atoms with Gasteiger partial charge in [0.05, 0.1) is 13.2 Å². The van der Waals surface area contributed by atoms with Crippen molar-refractivity contribution in [2.45, 2.75) is 18.9 Å². The number of hydrogen-bond donors (Lipinski definition) is 2. The Morgan fingerprint density at radius 3 is 2.76 bits per heavy atom. The van der Waals surface area contributed by atoms with Gasteiger partial charge in [-0.25, -0.2) is 4.79 Å². The number of aromatic carboxylic acids is 1. The number of anilines is 1. The normalized spacial score (nSPS) is 16.7. The van der Waals surface area contributed by atoms with Crippen LogP contribution in [-0.4, -0.2) is 30.4 Å². The van der Waals surface area contributed by atoms with Gasteiger partial charge in [-0.15, -0.1) is 0 Å². The summed E-state index contributed by atoms with van der Waals surface area (Å²) in [6, 6.07) is 4.88. The van der Waals surface area contributed by atoms with Gasteiger partial charge in [-0.2, -0.15) is 0 Å². The molecular formula is C12H15NO4. The van der Waals surface area contributed by atoms with E-state index in [0.717, 1.165) is 12.8 Å². The van der Waals surface area contributed by atoms with E-state index in [2.05, 4.69) is 0 Å². The van der Waals surface area contributed by atoms with Crippen molar-refractivity contribution in [1.29, 1.82) is 0 Å². The summed E-state index contributed by atoms with van der Waals surface area (Å²) in [5.41, 5.74) is 5.91. The van der Waals surface area contributed by atoms with Gasteiger partial charge in [0, 0.05) is 18.5 Å². The summed E-state index contributed by atoms with van der Waals surface area (Å²) in [5, 5.41) is 9.09. The molecule has 17 heavy (non-hydrogen) atoms. The van der Waals surface area contributed by atoms with Crippen molar-refractivity contribution in [3.05, 3.63) is 23.8 Å².